The van der Waals surface area contributed by atoms with Gasteiger partial charge in [-0.15, -0.1) is 0 Å². The SMILES string of the molecule is Cc1cc(C(=O)NC2CNCCC2C)n[nH]1. The van der Waals surface area contributed by atoms with Gasteiger partial charge in [-0.3, -0.25) is 9.89 Å². The summed E-state index contributed by atoms with van der Waals surface area (Å²) < 4.78 is 0. The van der Waals surface area contributed by atoms with Crippen LogP contribution in [-0.4, -0.2) is 35.2 Å². The van der Waals surface area contributed by atoms with E-state index in [0.717, 1.165) is 25.2 Å². The highest BCUT2D eigenvalue weighted by molar-refractivity contribution is 5.92. The van der Waals surface area contributed by atoms with E-state index in [0.29, 0.717) is 11.6 Å². The molecule has 16 heavy (non-hydrogen) atoms. The Morgan fingerprint density at radius 1 is 1.62 bits per heavy atom. The van der Waals surface area contributed by atoms with Crippen molar-refractivity contribution in [2.24, 2.45) is 5.92 Å². The van der Waals surface area contributed by atoms with Crippen LogP contribution in [0.1, 0.15) is 29.5 Å². The van der Waals surface area contributed by atoms with Crippen molar-refractivity contribution >= 4 is 5.91 Å². The molecule has 1 aromatic heterocycles. The number of piperidine rings is 1. The van der Waals surface area contributed by atoms with Gasteiger partial charge in [0.2, 0.25) is 0 Å². The first kappa shape index (κ1) is 11.1. The first-order chi connectivity index (χ1) is 7.66. The number of carbonyl (C=O) groups is 1. The molecule has 0 saturated carbocycles. The van der Waals surface area contributed by atoms with Crippen LogP contribution in [0.5, 0.6) is 0 Å². The summed E-state index contributed by atoms with van der Waals surface area (Å²) >= 11 is 0. The minimum absolute atomic E-state index is 0.0927. The summed E-state index contributed by atoms with van der Waals surface area (Å²) in [4.78, 5) is 11.9. The molecule has 2 unspecified atom stereocenters. The molecule has 1 aliphatic heterocycles. The molecule has 5 heteroatoms. The van der Waals surface area contributed by atoms with Crippen LogP contribution in [-0.2, 0) is 0 Å². The maximum absolute atomic E-state index is 11.9. The first-order valence-electron chi connectivity index (χ1n) is 5.70. The fourth-order valence-corrected chi connectivity index (χ4v) is 1.96. The van der Waals surface area contributed by atoms with Crippen molar-refractivity contribution in [2.45, 2.75) is 26.3 Å². The average molecular weight is 222 g/mol. The van der Waals surface area contributed by atoms with E-state index in [2.05, 4.69) is 27.8 Å². The van der Waals surface area contributed by atoms with E-state index in [1.165, 1.54) is 0 Å². The minimum Gasteiger partial charge on any atom is -0.346 e. The molecular formula is C11H18N4O. The Bertz CT molecular complexity index is 374. The van der Waals surface area contributed by atoms with Crippen molar-refractivity contribution in [2.75, 3.05) is 13.1 Å². The van der Waals surface area contributed by atoms with Crippen LogP contribution in [0, 0.1) is 12.8 Å². The standard InChI is InChI=1S/C11H18N4O/c1-7-3-4-12-6-10(7)13-11(16)9-5-8(2)14-15-9/h5,7,10,12H,3-4,6H2,1-2H3,(H,13,16)(H,14,15). The van der Waals surface area contributed by atoms with Gasteiger partial charge in [0.25, 0.3) is 5.91 Å². The minimum atomic E-state index is -0.0927. The topological polar surface area (TPSA) is 69.8 Å². The Morgan fingerprint density at radius 2 is 2.44 bits per heavy atom. The molecule has 0 aliphatic carbocycles. The third kappa shape index (κ3) is 2.41. The maximum Gasteiger partial charge on any atom is 0.272 e. The number of carbonyl (C=O) groups excluding carboxylic acids is 1. The molecule has 3 N–H and O–H groups in total. The number of H-pyrrole nitrogens is 1. The number of rotatable bonds is 2. The largest absolute Gasteiger partial charge is 0.346 e. The molecule has 5 nitrogen and oxygen atoms in total. The number of aromatic amines is 1. The van der Waals surface area contributed by atoms with E-state index in [-0.39, 0.29) is 11.9 Å². The summed E-state index contributed by atoms with van der Waals surface area (Å²) in [6.45, 7) is 5.93. The molecule has 1 aromatic rings. The molecule has 0 radical (unpaired) electrons. The third-order valence-corrected chi connectivity index (χ3v) is 3.08. The van der Waals surface area contributed by atoms with Crippen LogP contribution in [0.15, 0.2) is 6.07 Å². The lowest BCUT2D eigenvalue weighted by Gasteiger charge is -2.29. The Morgan fingerprint density at radius 3 is 3.06 bits per heavy atom. The lowest BCUT2D eigenvalue weighted by atomic mass is 9.95. The summed E-state index contributed by atoms with van der Waals surface area (Å²) in [6, 6.07) is 1.97. The van der Waals surface area contributed by atoms with Crippen molar-refractivity contribution in [3.8, 4) is 0 Å². The zero-order chi connectivity index (χ0) is 11.5. The van der Waals surface area contributed by atoms with E-state index >= 15 is 0 Å². The molecule has 1 aliphatic rings. The van der Waals surface area contributed by atoms with E-state index in [1.54, 1.807) is 6.07 Å². The van der Waals surface area contributed by atoms with Gasteiger partial charge in [0.05, 0.1) is 0 Å². The second-order valence-electron chi connectivity index (χ2n) is 4.49. The van der Waals surface area contributed by atoms with Gasteiger partial charge in [-0.25, -0.2) is 0 Å². The maximum atomic E-state index is 11.9. The normalized spacial score (nSPS) is 25.4. The van der Waals surface area contributed by atoms with Crippen LogP contribution in [0.2, 0.25) is 0 Å². The number of nitrogens with one attached hydrogen (secondary N) is 3. The predicted octanol–water partition coefficient (Wildman–Crippen LogP) is 0.446. The van der Waals surface area contributed by atoms with Crippen LogP contribution in [0.4, 0.5) is 0 Å². The number of aryl methyl sites for hydroxylation is 1. The second kappa shape index (κ2) is 4.65. The summed E-state index contributed by atoms with van der Waals surface area (Å²) in [6.07, 6.45) is 1.10. The quantitative estimate of drug-likeness (QED) is 0.680. The molecule has 2 rings (SSSR count). The summed E-state index contributed by atoms with van der Waals surface area (Å²) in [7, 11) is 0. The summed E-state index contributed by atoms with van der Waals surface area (Å²) in [5.41, 5.74) is 1.37. The molecule has 2 heterocycles. The predicted molar refractivity (Wildman–Crippen MR) is 61.2 cm³/mol. The van der Waals surface area contributed by atoms with Crippen molar-refractivity contribution in [1.82, 2.24) is 20.8 Å². The van der Waals surface area contributed by atoms with Crippen LogP contribution in [0.3, 0.4) is 0 Å². The van der Waals surface area contributed by atoms with Gasteiger partial charge in [0.15, 0.2) is 0 Å². The zero-order valence-electron chi connectivity index (χ0n) is 9.71. The molecular weight excluding hydrogens is 204 g/mol. The summed E-state index contributed by atoms with van der Waals surface area (Å²) in [5, 5.41) is 13.0. The smallest absolute Gasteiger partial charge is 0.272 e. The second-order valence-corrected chi connectivity index (χ2v) is 4.49. The van der Waals surface area contributed by atoms with E-state index in [9.17, 15) is 4.79 Å². The fraction of sp³-hybridized carbons (Fsp3) is 0.636. The summed E-state index contributed by atoms with van der Waals surface area (Å²) in [5.74, 6) is 0.426. The Kier molecular flexibility index (Phi) is 3.24. The van der Waals surface area contributed by atoms with Gasteiger partial charge in [0, 0.05) is 18.3 Å². The highest BCUT2D eigenvalue weighted by Gasteiger charge is 2.23. The highest BCUT2D eigenvalue weighted by atomic mass is 16.2. The van der Waals surface area contributed by atoms with Gasteiger partial charge in [0.1, 0.15) is 5.69 Å². The van der Waals surface area contributed by atoms with Gasteiger partial charge in [-0.1, -0.05) is 6.92 Å². The van der Waals surface area contributed by atoms with Gasteiger partial charge in [-0.2, -0.15) is 5.10 Å². The number of aromatic nitrogens is 2. The monoisotopic (exact) mass is 222 g/mol. The number of nitrogens with zero attached hydrogens (tertiary/aromatic N) is 1. The van der Waals surface area contributed by atoms with E-state index in [1.807, 2.05) is 6.92 Å². The molecule has 1 fully saturated rings. The third-order valence-electron chi connectivity index (χ3n) is 3.08. The van der Waals surface area contributed by atoms with Crippen molar-refractivity contribution < 1.29 is 4.79 Å². The number of hydrogen-bond donors (Lipinski definition) is 3. The molecule has 1 amide bonds. The lowest BCUT2D eigenvalue weighted by Crippen LogP contribution is -2.50. The van der Waals surface area contributed by atoms with E-state index < -0.39 is 0 Å². The Labute approximate surface area is 95.0 Å². The molecule has 0 spiro atoms. The Hall–Kier alpha value is -1.36. The molecule has 0 bridgehead atoms. The van der Waals surface area contributed by atoms with Crippen LogP contribution >= 0.6 is 0 Å². The van der Waals surface area contributed by atoms with Crippen molar-refractivity contribution in [1.29, 1.82) is 0 Å². The van der Waals surface area contributed by atoms with Gasteiger partial charge in [-0.05, 0) is 31.9 Å². The van der Waals surface area contributed by atoms with E-state index in [4.69, 9.17) is 0 Å². The van der Waals surface area contributed by atoms with Gasteiger partial charge < -0.3 is 10.6 Å². The van der Waals surface area contributed by atoms with Crippen LogP contribution in [0.25, 0.3) is 0 Å². The first-order valence-corrected chi connectivity index (χ1v) is 5.70. The fourth-order valence-electron chi connectivity index (χ4n) is 1.96. The highest BCUT2D eigenvalue weighted by Crippen LogP contribution is 2.11. The van der Waals surface area contributed by atoms with Crippen molar-refractivity contribution in [3.63, 3.8) is 0 Å². The number of hydrogen-bond acceptors (Lipinski definition) is 3. The van der Waals surface area contributed by atoms with Crippen LogP contribution < -0.4 is 10.6 Å². The molecule has 88 valence electrons. The van der Waals surface area contributed by atoms with Crippen molar-refractivity contribution in [3.05, 3.63) is 17.5 Å². The molecule has 1 saturated heterocycles. The lowest BCUT2D eigenvalue weighted by molar-refractivity contribution is 0.0910. The average Bonchev–Trinajstić information content (AvgIpc) is 2.68. The zero-order valence-corrected chi connectivity index (χ0v) is 9.71. The van der Waals surface area contributed by atoms with Gasteiger partial charge >= 0.3 is 0 Å². The number of amides is 1. The Balaban J connectivity index is 1.96. The molecule has 0 aromatic carbocycles. The molecule has 2 atom stereocenters.